The summed E-state index contributed by atoms with van der Waals surface area (Å²) in [6, 6.07) is 0. The Balaban J connectivity index is 1.56. The van der Waals surface area contributed by atoms with E-state index in [-0.39, 0.29) is 0 Å². The van der Waals surface area contributed by atoms with Crippen molar-refractivity contribution in [2.24, 2.45) is 4.99 Å². The van der Waals surface area contributed by atoms with E-state index in [4.69, 9.17) is 4.74 Å². The van der Waals surface area contributed by atoms with Gasteiger partial charge in [-0.1, -0.05) is 11.8 Å². The number of amidine groups is 1. The molecule has 112 valence electrons. The Kier molecular flexibility index (Phi) is 6.28. The summed E-state index contributed by atoms with van der Waals surface area (Å²) in [5, 5.41) is 5.67. The van der Waals surface area contributed by atoms with Gasteiger partial charge in [-0.05, 0) is 13.0 Å². The maximum Gasteiger partial charge on any atom is 0.315 e. The fourth-order valence-electron chi connectivity index (χ4n) is 1.97. The average Bonchev–Trinajstić information content (AvgIpc) is 2.97. The third kappa shape index (κ3) is 5.10. The van der Waals surface area contributed by atoms with E-state index in [0.29, 0.717) is 18.3 Å². The highest BCUT2D eigenvalue weighted by Gasteiger charge is 2.17. The molecular weight excluding hydrogens is 280 g/mol. The molecule has 0 spiro atoms. The third-order valence-corrected chi connectivity index (χ3v) is 3.94. The van der Waals surface area contributed by atoms with Gasteiger partial charge in [-0.25, -0.2) is 0 Å². The first-order valence-corrected chi connectivity index (χ1v) is 7.81. The zero-order valence-electron chi connectivity index (χ0n) is 11.4. The normalized spacial score (nSPS) is 19.5. The molecule has 2 aliphatic rings. The second kappa shape index (κ2) is 8.23. The molecule has 0 aliphatic carbocycles. The molecule has 0 aromatic rings. The molecule has 0 aromatic carbocycles. The smallest absolute Gasteiger partial charge is 0.315 e. The highest BCUT2D eigenvalue weighted by atomic mass is 32.2. The van der Waals surface area contributed by atoms with Gasteiger partial charge < -0.3 is 10.1 Å². The molecular formula is C12H20N4O3S. The van der Waals surface area contributed by atoms with Crippen LogP contribution in [0.2, 0.25) is 0 Å². The molecule has 8 heteroatoms. The van der Waals surface area contributed by atoms with Crippen LogP contribution in [0.15, 0.2) is 4.99 Å². The lowest BCUT2D eigenvalue weighted by molar-refractivity contribution is -0.138. The van der Waals surface area contributed by atoms with E-state index in [1.54, 1.807) is 0 Å². The number of amides is 2. The van der Waals surface area contributed by atoms with E-state index in [1.165, 1.54) is 11.8 Å². The summed E-state index contributed by atoms with van der Waals surface area (Å²) in [7, 11) is 0. The lowest BCUT2D eigenvalue weighted by atomic mass is 10.3. The van der Waals surface area contributed by atoms with Crippen molar-refractivity contribution in [2.75, 3.05) is 51.7 Å². The van der Waals surface area contributed by atoms with E-state index in [2.05, 4.69) is 20.5 Å². The Morgan fingerprint density at radius 2 is 2.10 bits per heavy atom. The van der Waals surface area contributed by atoms with E-state index in [9.17, 15) is 9.59 Å². The van der Waals surface area contributed by atoms with Crippen LogP contribution in [-0.4, -0.2) is 73.6 Å². The highest BCUT2D eigenvalue weighted by molar-refractivity contribution is 8.14. The van der Waals surface area contributed by atoms with Crippen molar-refractivity contribution in [3.05, 3.63) is 0 Å². The molecule has 2 amide bonds. The fraction of sp³-hybridized carbons (Fsp3) is 0.750. The number of ether oxygens (including phenoxy) is 1. The van der Waals surface area contributed by atoms with Crippen molar-refractivity contribution in [2.45, 2.75) is 6.42 Å². The van der Waals surface area contributed by atoms with E-state index >= 15 is 0 Å². The van der Waals surface area contributed by atoms with Crippen molar-refractivity contribution in [3.63, 3.8) is 0 Å². The van der Waals surface area contributed by atoms with Crippen LogP contribution in [0, 0.1) is 0 Å². The van der Waals surface area contributed by atoms with Crippen molar-refractivity contribution >= 4 is 28.7 Å². The zero-order chi connectivity index (χ0) is 14.2. The summed E-state index contributed by atoms with van der Waals surface area (Å²) in [6.45, 7) is 5.53. The molecule has 2 rings (SSSR count). The minimum Gasteiger partial charge on any atom is -0.379 e. The highest BCUT2D eigenvalue weighted by Crippen LogP contribution is 2.08. The van der Waals surface area contributed by atoms with Gasteiger partial charge in [0.2, 0.25) is 0 Å². The fourth-order valence-corrected chi connectivity index (χ4v) is 2.70. The topological polar surface area (TPSA) is 83.0 Å². The summed E-state index contributed by atoms with van der Waals surface area (Å²) in [5.74, 6) is -0.372. The molecule has 20 heavy (non-hydrogen) atoms. The molecule has 0 atom stereocenters. The maximum absolute atomic E-state index is 11.6. The zero-order valence-corrected chi connectivity index (χ0v) is 12.2. The number of thioether (sulfide) groups is 1. The van der Waals surface area contributed by atoms with Crippen molar-refractivity contribution in [1.29, 1.82) is 0 Å². The third-order valence-electron chi connectivity index (χ3n) is 3.05. The standard InChI is InChI=1S/C12H20N4O3S/c17-10(11(18)15-12-14-3-9-20-12)13-2-1-4-16-5-7-19-8-6-16/h1-9H2,(H,13,17)(H,14,15,18). The molecule has 0 bridgehead atoms. The van der Waals surface area contributed by atoms with Crippen LogP contribution in [0.1, 0.15) is 6.42 Å². The lowest BCUT2D eigenvalue weighted by Gasteiger charge is -2.26. The summed E-state index contributed by atoms with van der Waals surface area (Å²) < 4.78 is 5.26. The number of hydrogen-bond donors (Lipinski definition) is 2. The van der Waals surface area contributed by atoms with Crippen molar-refractivity contribution in [1.82, 2.24) is 15.5 Å². The van der Waals surface area contributed by atoms with Gasteiger partial charge in [-0.2, -0.15) is 0 Å². The minimum atomic E-state index is -0.635. The van der Waals surface area contributed by atoms with Crippen LogP contribution < -0.4 is 10.6 Å². The first kappa shape index (κ1) is 15.3. The Morgan fingerprint density at radius 1 is 1.30 bits per heavy atom. The van der Waals surface area contributed by atoms with Crippen LogP contribution in [0.5, 0.6) is 0 Å². The monoisotopic (exact) mass is 300 g/mol. The molecule has 7 nitrogen and oxygen atoms in total. The van der Waals surface area contributed by atoms with Crippen molar-refractivity contribution < 1.29 is 14.3 Å². The van der Waals surface area contributed by atoms with Gasteiger partial charge in [0, 0.05) is 25.4 Å². The van der Waals surface area contributed by atoms with Crippen LogP contribution in [0.25, 0.3) is 0 Å². The largest absolute Gasteiger partial charge is 0.379 e. The van der Waals surface area contributed by atoms with E-state index in [1.807, 2.05) is 0 Å². The predicted octanol–water partition coefficient (Wildman–Crippen LogP) is -0.956. The Labute approximate surface area is 122 Å². The number of nitrogens with one attached hydrogen (secondary N) is 2. The van der Waals surface area contributed by atoms with Crippen LogP contribution in [0.4, 0.5) is 0 Å². The molecule has 2 N–H and O–H groups in total. The van der Waals surface area contributed by atoms with Gasteiger partial charge in [0.15, 0.2) is 5.17 Å². The molecule has 2 heterocycles. The first-order chi connectivity index (χ1) is 9.75. The van der Waals surface area contributed by atoms with E-state index < -0.39 is 11.8 Å². The van der Waals surface area contributed by atoms with Gasteiger partial charge in [0.1, 0.15) is 0 Å². The van der Waals surface area contributed by atoms with Gasteiger partial charge in [-0.3, -0.25) is 24.8 Å². The van der Waals surface area contributed by atoms with E-state index in [0.717, 1.165) is 45.0 Å². The van der Waals surface area contributed by atoms with Crippen LogP contribution in [-0.2, 0) is 14.3 Å². The second-order valence-corrected chi connectivity index (χ2v) is 5.64. The van der Waals surface area contributed by atoms with Crippen molar-refractivity contribution in [3.8, 4) is 0 Å². The molecule has 0 radical (unpaired) electrons. The van der Waals surface area contributed by atoms with Gasteiger partial charge in [0.25, 0.3) is 0 Å². The number of aliphatic imine (C=N–C) groups is 1. The SMILES string of the molecule is O=C(NCCCN1CCOCC1)C(=O)NC1=NCCS1. The first-order valence-electron chi connectivity index (χ1n) is 6.82. The Morgan fingerprint density at radius 3 is 2.80 bits per heavy atom. The number of carbonyl (C=O) groups is 2. The Bertz CT molecular complexity index is 383. The summed E-state index contributed by atoms with van der Waals surface area (Å²) >= 11 is 1.45. The summed E-state index contributed by atoms with van der Waals surface area (Å²) in [6.07, 6.45) is 0.828. The number of nitrogens with zero attached hydrogens (tertiary/aromatic N) is 2. The summed E-state index contributed by atoms with van der Waals surface area (Å²) in [4.78, 5) is 29.5. The Hall–Kier alpha value is -1.12. The number of hydrogen-bond acceptors (Lipinski definition) is 6. The minimum absolute atomic E-state index is 0.503. The number of morpholine rings is 1. The molecule has 1 saturated heterocycles. The number of rotatable bonds is 4. The maximum atomic E-state index is 11.6. The molecule has 1 fully saturated rings. The second-order valence-electron chi connectivity index (χ2n) is 4.55. The molecule has 0 saturated carbocycles. The van der Waals surface area contributed by atoms with Gasteiger partial charge >= 0.3 is 11.8 Å². The van der Waals surface area contributed by atoms with Gasteiger partial charge in [0.05, 0.1) is 19.8 Å². The average molecular weight is 300 g/mol. The molecule has 0 unspecified atom stereocenters. The lowest BCUT2D eigenvalue weighted by Crippen LogP contribution is -2.43. The number of carbonyl (C=O) groups excluding carboxylic acids is 2. The van der Waals surface area contributed by atoms with Crippen LogP contribution in [0.3, 0.4) is 0 Å². The quantitative estimate of drug-likeness (QED) is 0.516. The summed E-state index contributed by atoms with van der Waals surface area (Å²) in [5.41, 5.74) is 0. The van der Waals surface area contributed by atoms with Gasteiger partial charge in [-0.15, -0.1) is 0 Å². The van der Waals surface area contributed by atoms with Crippen LogP contribution >= 0.6 is 11.8 Å². The molecule has 0 aromatic heterocycles. The predicted molar refractivity (Wildman–Crippen MR) is 77.8 cm³/mol. The molecule has 2 aliphatic heterocycles.